The molecule has 1 saturated heterocycles. The second kappa shape index (κ2) is 11.8. The number of rotatable bonds is 9. The van der Waals surface area contributed by atoms with Crippen molar-refractivity contribution in [3.8, 4) is 5.75 Å². The van der Waals surface area contributed by atoms with Crippen molar-refractivity contribution < 1.29 is 8.95 Å². The fourth-order valence-electron chi connectivity index (χ4n) is 4.55. The van der Waals surface area contributed by atoms with Gasteiger partial charge in [-0.05, 0) is 69.7 Å². The highest BCUT2D eigenvalue weighted by Crippen LogP contribution is 2.34. The van der Waals surface area contributed by atoms with Crippen LogP contribution in [0.25, 0.3) is 0 Å². The molecule has 0 bridgehead atoms. The van der Waals surface area contributed by atoms with Gasteiger partial charge in [0.1, 0.15) is 29.2 Å². The van der Waals surface area contributed by atoms with Crippen LogP contribution in [0, 0.1) is 0 Å². The number of benzene rings is 2. The molecule has 2 aromatic carbocycles. The Morgan fingerprint density at radius 1 is 1.08 bits per heavy atom. The summed E-state index contributed by atoms with van der Waals surface area (Å²) in [6, 6.07) is 15.7. The average Bonchev–Trinajstić information content (AvgIpc) is 3.33. The Hall–Kier alpha value is -3.05. The molecule has 2 aliphatic rings. The van der Waals surface area contributed by atoms with Gasteiger partial charge in [-0.2, -0.15) is 4.98 Å². The Balaban J connectivity index is 1.22. The monoisotopic (exact) mass is 535 g/mol. The average molecular weight is 536 g/mol. The van der Waals surface area contributed by atoms with Crippen molar-refractivity contribution in [3.63, 3.8) is 0 Å². The van der Waals surface area contributed by atoms with E-state index >= 15 is 0 Å². The molecule has 9 nitrogen and oxygen atoms in total. The second-order valence-corrected chi connectivity index (χ2v) is 11.9. The Kier molecular flexibility index (Phi) is 8.23. The van der Waals surface area contributed by atoms with Crippen LogP contribution in [0.2, 0.25) is 0 Å². The fourth-order valence-corrected chi connectivity index (χ4v) is 5.66. The van der Waals surface area contributed by atoms with Crippen LogP contribution in [-0.4, -0.2) is 70.5 Å². The first-order valence-electron chi connectivity index (χ1n) is 13.2. The number of ether oxygens (including phenoxy) is 1. The SMILES string of the molecule is CC(C)(C)NS(=O)c1cccc(N2CCc3cnc(Nc4ccc(OCCN5CCNCC5)cc4)nc32)c1. The zero-order valence-electron chi connectivity index (χ0n) is 22.4. The van der Waals surface area contributed by atoms with Gasteiger partial charge in [-0.25, -0.2) is 13.9 Å². The third-order valence-electron chi connectivity index (χ3n) is 6.44. The van der Waals surface area contributed by atoms with E-state index in [0.29, 0.717) is 12.6 Å². The van der Waals surface area contributed by atoms with Crippen molar-refractivity contribution in [3.05, 3.63) is 60.3 Å². The predicted octanol–water partition coefficient (Wildman–Crippen LogP) is 3.61. The molecule has 3 aromatic rings. The summed E-state index contributed by atoms with van der Waals surface area (Å²) >= 11 is 0. The van der Waals surface area contributed by atoms with Gasteiger partial charge < -0.3 is 20.3 Å². The van der Waals surface area contributed by atoms with E-state index in [0.717, 1.165) is 79.1 Å². The summed E-state index contributed by atoms with van der Waals surface area (Å²) < 4.78 is 21.9. The van der Waals surface area contributed by atoms with E-state index in [9.17, 15) is 4.21 Å². The Bertz CT molecular complexity index is 1260. The summed E-state index contributed by atoms with van der Waals surface area (Å²) in [4.78, 5) is 14.7. The first-order valence-corrected chi connectivity index (χ1v) is 14.4. The van der Waals surface area contributed by atoms with Crippen molar-refractivity contribution in [2.75, 3.05) is 56.1 Å². The molecule has 0 saturated carbocycles. The number of anilines is 4. The van der Waals surface area contributed by atoms with E-state index in [1.54, 1.807) is 0 Å². The Morgan fingerprint density at radius 3 is 2.63 bits per heavy atom. The summed E-state index contributed by atoms with van der Waals surface area (Å²) in [6.45, 7) is 12.7. The molecule has 1 aromatic heterocycles. The van der Waals surface area contributed by atoms with Crippen molar-refractivity contribution in [2.45, 2.75) is 37.6 Å². The van der Waals surface area contributed by atoms with Gasteiger partial charge in [0.15, 0.2) is 0 Å². The van der Waals surface area contributed by atoms with Crippen LogP contribution < -0.4 is 25.0 Å². The van der Waals surface area contributed by atoms with Crippen LogP contribution in [0.5, 0.6) is 5.75 Å². The van der Waals surface area contributed by atoms with Crippen molar-refractivity contribution >= 4 is 34.1 Å². The smallest absolute Gasteiger partial charge is 0.229 e. The molecule has 202 valence electrons. The van der Waals surface area contributed by atoms with E-state index in [1.165, 1.54) is 0 Å². The molecule has 10 heteroatoms. The molecule has 1 atom stereocenters. The number of nitrogens with one attached hydrogen (secondary N) is 3. The third kappa shape index (κ3) is 6.87. The lowest BCUT2D eigenvalue weighted by molar-refractivity contribution is 0.191. The lowest BCUT2D eigenvalue weighted by Gasteiger charge is -2.26. The molecular formula is C28H37N7O2S. The van der Waals surface area contributed by atoms with Gasteiger partial charge in [0, 0.05) is 67.9 Å². The number of nitrogens with zero attached hydrogens (tertiary/aromatic N) is 4. The molecule has 3 N–H and O–H groups in total. The molecule has 0 aliphatic carbocycles. The van der Waals surface area contributed by atoms with Crippen LogP contribution in [0.1, 0.15) is 26.3 Å². The first kappa shape index (κ1) is 26.6. The van der Waals surface area contributed by atoms with Gasteiger partial charge in [-0.3, -0.25) is 4.90 Å². The maximum atomic E-state index is 12.8. The number of piperazine rings is 1. The normalized spacial score (nSPS) is 16.8. The number of aromatic nitrogens is 2. The Labute approximate surface area is 227 Å². The van der Waals surface area contributed by atoms with Gasteiger partial charge in [-0.1, -0.05) is 6.07 Å². The molecule has 1 unspecified atom stereocenters. The topological polar surface area (TPSA) is 94.7 Å². The van der Waals surface area contributed by atoms with Crippen LogP contribution in [0.4, 0.5) is 23.1 Å². The molecule has 3 heterocycles. The lowest BCUT2D eigenvalue weighted by atomic mass is 10.1. The van der Waals surface area contributed by atoms with E-state index in [2.05, 4.69) is 30.1 Å². The van der Waals surface area contributed by atoms with Gasteiger partial charge in [0.25, 0.3) is 0 Å². The summed E-state index contributed by atoms with van der Waals surface area (Å²) in [5.74, 6) is 2.27. The summed E-state index contributed by atoms with van der Waals surface area (Å²) in [7, 11) is -1.29. The number of hydrogen-bond donors (Lipinski definition) is 3. The minimum Gasteiger partial charge on any atom is -0.492 e. The largest absolute Gasteiger partial charge is 0.492 e. The zero-order chi connectivity index (χ0) is 26.5. The molecule has 2 aliphatic heterocycles. The molecule has 1 fully saturated rings. The quantitative estimate of drug-likeness (QED) is 0.383. The van der Waals surface area contributed by atoms with Gasteiger partial charge in [0.2, 0.25) is 5.95 Å². The van der Waals surface area contributed by atoms with E-state index in [-0.39, 0.29) is 5.54 Å². The minimum atomic E-state index is -1.29. The summed E-state index contributed by atoms with van der Waals surface area (Å²) in [5.41, 5.74) is 2.72. The number of hydrogen-bond acceptors (Lipinski definition) is 8. The van der Waals surface area contributed by atoms with Crippen molar-refractivity contribution in [1.82, 2.24) is 24.9 Å². The lowest BCUT2D eigenvalue weighted by Crippen LogP contribution is -2.44. The number of fused-ring (bicyclic) bond motifs is 1. The summed E-state index contributed by atoms with van der Waals surface area (Å²) in [6.07, 6.45) is 2.75. The second-order valence-electron chi connectivity index (χ2n) is 10.7. The standard InChI is InChI=1S/C28H37N7O2S/c1-28(2,3)33-38(36)25-6-4-5-23(19-25)35-14-11-21-20-30-27(32-26(21)35)31-22-7-9-24(10-8-22)37-18-17-34-15-12-29-13-16-34/h4-10,19-20,29,33H,11-18H2,1-3H3,(H,30,31,32). The van der Waals surface area contributed by atoms with Gasteiger partial charge in [-0.15, -0.1) is 0 Å². The van der Waals surface area contributed by atoms with Crippen molar-refractivity contribution in [2.24, 2.45) is 0 Å². The highest BCUT2D eigenvalue weighted by molar-refractivity contribution is 7.83. The Morgan fingerprint density at radius 2 is 1.87 bits per heavy atom. The third-order valence-corrected chi connectivity index (χ3v) is 7.92. The maximum Gasteiger partial charge on any atom is 0.229 e. The van der Waals surface area contributed by atoms with Crippen LogP contribution in [0.15, 0.2) is 59.6 Å². The van der Waals surface area contributed by atoms with E-state index in [1.807, 2.05) is 75.5 Å². The summed E-state index contributed by atoms with van der Waals surface area (Å²) in [5, 5.41) is 6.69. The van der Waals surface area contributed by atoms with E-state index in [4.69, 9.17) is 9.72 Å². The fraction of sp³-hybridized carbons (Fsp3) is 0.429. The van der Waals surface area contributed by atoms with Crippen LogP contribution in [0.3, 0.4) is 0 Å². The maximum absolute atomic E-state index is 12.8. The minimum absolute atomic E-state index is 0.246. The van der Waals surface area contributed by atoms with Gasteiger partial charge >= 0.3 is 0 Å². The molecule has 0 radical (unpaired) electrons. The molecule has 0 amide bonds. The van der Waals surface area contributed by atoms with Crippen LogP contribution >= 0.6 is 0 Å². The van der Waals surface area contributed by atoms with E-state index < -0.39 is 11.0 Å². The predicted molar refractivity (Wildman–Crippen MR) is 153 cm³/mol. The molecule has 38 heavy (non-hydrogen) atoms. The molecular weight excluding hydrogens is 498 g/mol. The van der Waals surface area contributed by atoms with Crippen LogP contribution in [-0.2, 0) is 17.4 Å². The van der Waals surface area contributed by atoms with Gasteiger partial charge in [0.05, 0.1) is 4.90 Å². The van der Waals surface area contributed by atoms with Crippen molar-refractivity contribution in [1.29, 1.82) is 0 Å². The molecule has 5 rings (SSSR count). The first-order chi connectivity index (χ1) is 18.3. The molecule has 0 spiro atoms. The highest BCUT2D eigenvalue weighted by Gasteiger charge is 2.24. The zero-order valence-corrected chi connectivity index (χ0v) is 23.2. The highest BCUT2D eigenvalue weighted by atomic mass is 32.2.